The first-order chi connectivity index (χ1) is 22.3. The molecule has 0 spiro atoms. The lowest BCUT2D eigenvalue weighted by atomic mass is 9.96. The van der Waals surface area contributed by atoms with Crippen LogP contribution in [0.2, 0.25) is 0 Å². The van der Waals surface area contributed by atoms with Crippen molar-refractivity contribution in [2.75, 3.05) is 26.9 Å². The van der Waals surface area contributed by atoms with Crippen LogP contribution in [0.4, 0.5) is 8.78 Å². The molecule has 1 amide bonds. The Morgan fingerprint density at radius 1 is 1.11 bits per heavy atom. The van der Waals surface area contributed by atoms with Crippen molar-refractivity contribution in [3.8, 4) is 39.5 Å². The quantitative estimate of drug-likeness (QED) is 0.145. The molecule has 2 aromatic carbocycles. The van der Waals surface area contributed by atoms with Gasteiger partial charge >= 0.3 is 0 Å². The highest BCUT2D eigenvalue weighted by atomic mass is 32.1. The molecule has 7 rings (SSSR count). The van der Waals surface area contributed by atoms with Gasteiger partial charge in [-0.05, 0) is 42.7 Å². The van der Waals surface area contributed by atoms with Gasteiger partial charge < -0.3 is 14.4 Å². The van der Waals surface area contributed by atoms with Gasteiger partial charge in [0, 0.05) is 54.7 Å². The number of nitrogens with zero attached hydrogens (tertiary/aromatic N) is 7. The molecule has 4 aromatic heterocycles. The van der Waals surface area contributed by atoms with Crippen LogP contribution >= 0.6 is 11.5 Å². The van der Waals surface area contributed by atoms with E-state index < -0.39 is 11.6 Å². The number of rotatable bonds is 8. The third kappa shape index (κ3) is 4.92. The van der Waals surface area contributed by atoms with Gasteiger partial charge in [-0.2, -0.15) is 14.6 Å². The third-order valence-electron chi connectivity index (χ3n) is 8.31. The summed E-state index contributed by atoms with van der Waals surface area (Å²) in [5.41, 5.74) is 4.46. The topological polar surface area (TPSA) is 100 Å². The van der Waals surface area contributed by atoms with Crippen molar-refractivity contribution in [1.82, 2.24) is 33.8 Å². The first kappa shape index (κ1) is 29.7. The number of pyridine rings is 1. The molecule has 6 aromatic rings. The Hall–Kier alpha value is -5.01. The van der Waals surface area contributed by atoms with Gasteiger partial charge in [0.2, 0.25) is 5.91 Å². The van der Waals surface area contributed by atoms with Gasteiger partial charge in [0.1, 0.15) is 35.4 Å². The monoisotopic (exact) mass is 641 g/mol. The van der Waals surface area contributed by atoms with E-state index in [-0.39, 0.29) is 36.5 Å². The summed E-state index contributed by atoms with van der Waals surface area (Å²) in [6.07, 6.45) is 4.79. The Balaban J connectivity index is 1.50. The van der Waals surface area contributed by atoms with Crippen molar-refractivity contribution in [3.05, 3.63) is 78.8 Å². The fraction of sp³-hybridized carbons (Fsp3) is 0.242. The van der Waals surface area contributed by atoms with Gasteiger partial charge in [-0.1, -0.05) is 12.6 Å². The average molecular weight is 642 g/mol. The van der Waals surface area contributed by atoms with Gasteiger partial charge in [0.25, 0.3) is 0 Å². The second-order valence-electron chi connectivity index (χ2n) is 11.0. The number of benzene rings is 2. The highest BCUT2D eigenvalue weighted by Crippen LogP contribution is 2.47. The van der Waals surface area contributed by atoms with Crippen LogP contribution in [0.25, 0.3) is 54.8 Å². The largest absolute Gasteiger partial charge is 0.490 e. The number of aryl methyl sites for hydroxylation is 1. The van der Waals surface area contributed by atoms with Gasteiger partial charge in [-0.25, -0.2) is 13.8 Å². The van der Waals surface area contributed by atoms with Crippen LogP contribution in [0.5, 0.6) is 5.75 Å². The van der Waals surface area contributed by atoms with Crippen LogP contribution < -0.4 is 4.74 Å². The summed E-state index contributed by atoms with van der Waals surface area (Å²) in [6, 6.07) is 9.51. The molecular weight excluding hydrogens is 612 g/mol. The number of carbonyl (C=O) groups excluding carboxylic acids is 1. The van der Waals surface area contributed by atoms with Crippen molar-refractivity contribution in [2.45, 2.75) is 19.5 Å². The number of hydrogen-bond donors (Lipinski definition) is 0. The average Bonchev–Trinajstić information content (AvgIpc) is 3.79. The van der Waals surface area contributed by atoms with Gasteiger partial charge in [0.05, 0.1) is 58.8 Å². The van der Waals surface area contributed by atoms with Gasteiger partial charge in [-0.3, -0.25) is 14.2 Å². The molecule has 0 saturated heterocycles. The maximum Gasteiger partial charge on any atom is 0.246 e. The Labute approximate surface area is 266 Å². The zero-order valence-electron chi connectivity index (χ0n) is 25.3. The summed E-state index contributed by atoms with van der Waals surface area (Å²) in [5, 5.41) is 10.9. The number of amides is 1. The van der Waals surface area contributed by atoms with E-state index in [1.807, 2.05) is 42.9 Å². The number of methoxy groups -OCH3 is 1. The normalized spacial score (nSPS) is 14.6. The summed E-state index contributed by atoms with van der Waals surface area (Å²) in [4.78, 5) is 19.5. The van der Waals surface area contributed by atoms with Crippen molar-refractivity contribution in [1.29, 1.82) is 0 Å². The summed E-state index contributed by atoms with van der Waals surface area (Å²) in [6.45, 7) is 6.77. The van der Waals surface area contributed by atoms with E-state index in [0.29, 0.717) is 45.8 Å². The molecule has 1 aliphatic rings. The molecule has 0 unspecified atom stereocenters. The minimum Gasteiger partial charge on any atom is -0.490 e. The molecule has 0 bridgehead atoms. The first-order valence-electron chi connectivity index (χ1n) is 14.6. The Kier molecular flexibility index (Phi) is 7.57. The lowest BCUT2D eigenvalue weighted by Gasteiger charge is -2.33. The maximum atomic E-state index is 16.0. The zero-order chi connectivity index (χ0) is 32.1. The lowest BCUT2D eigenvalue weighted by Crippen LogP contribution is -2.40. The molecule has 46 heavy (non-hydrogen) atoms. The Bertz CT molecular complexity index is 2150. The number of hydrogen-bond acceptors (Lipinski definition) is 8. The number of ether oxygens (including phenoxy) is 2. The number of aromatic nitrogens is 6. The van der Waals surface area contributed by atoms with E-state index in [9.17, 15) is 9.18 Å². The van der Waals surface area contributed by atoms with E-state index in [0.717, 1.165) is 34.3 Å². The second-order valence-corrected chi connectivity index (χ2v) is 11.8. The minimum absolute atomic E-state index is 0.0110. The van der Waals surface area contributed by atoms with Crippen LogP contribution in [-0.2, 0) is 23.1 Å². The predicted molar refractivity (Wildman–Crippen MR) is 171 cm³/mol. The van der Waals surface area contributed by atoms with Gasteiger partial charge in [-0.15, -0.1) is 0 Å². The Morgan fingerprint density at radius 3 is 2.76 bits per heavy atom. The molecule has 10 nitrogen and oxygen atoms in total. The van der Waals surface area contributed by atoms with E-state index in [1.54, 1.807) is 22.0 Å². The number of halogens is 2. The SMILES string of the molecule is C=CC(=O)N1CCn2nc(-c3nc(-c4ccc5c(cnn5C)c4)c4cnsc4c3-c3c(F)cc(F)cc3OCCOC)cc2[C@H]1C. The van der Waals surface area contributed by atoms with E-state index in [2.05, 4.69) is 16.1 Å². The van der Waals surface area contributed by atoms with Crippen molar-refractivity contribution in [2.24, 2.45) is 7.05 Å². The summed E-state index contributed by atoms with van der Waals surface area (Å²) < 4.78 is 50.4. The lowest BCUT2D eigenvalue weighted by molar-refractivity contribution is -0.129. The van der Waals surface area contributed by atoms with Crippen LogP contribution in [0, 0.1) is 11.6 Å². The van der Waals surface area contributed by atoms with E-state index >= 15 is 4.39 Å². The molecule has 13 heteroatoms. The fourth-order valence-corrected chi connectivity index (χ4v) is 6.85. The Morgan fingerprint density at radius 2 is 1.96 bits per heavy atom. The maximum absolute atomic E-state index is 16.0. The smallest absolute Gasteiger partial charge is 0.246 e. The zero-order valence-corrected chi connectivity index (χ0v) is 26.1. The molecule has 0 fully saturated rings. The molecule has 0 radical (unpaired) electrons. The van der Waals surface area contributed by atoms with Crippen LogP contribution in [0.3, 0.4) is 0 Å². The highest BCUT2D eigenvalue weighted by molar-refractivity contribution is 7.14. The second kappa shape index (κ2) is 11.7. The van der Waals surface area contributed by atoms with Crippen molar-refractivity contribution >= 4 is 38.4 Å². The van der Waals surface area contributed by atoms with Gasteiger partial charge in [0.15, 0.2) is 0 Å². The van der Waals surface area contributed by atoms with Crippen LogP contribution in [-0.4, -0.2) is 66.6 Å². The third-order valence-corrected chi connectivity index (χ3v) is 9.12. The molecule has 234 valence electrons. The highest BCUT2D eigenvalue weighted by Gasteiger charge is 2.31. The van der Waals surface area contributed by atoms with Crippen molar-refractivity contribution in [3.63, 3.8) is 0 Å². The fourth-order valence-electron chi connectivity index (χ4n) is 6.05. The van der Waals surface area contributed by atoms with E-state index in [1.165, 1.54) is 24.7 Å². The molecule has 0 aliphatic carbocycles. The molecule has 5 heterocycles. The van der Waals surface area contributed by atoms with Crippen LogP contribution in [0.15, 0.2) is 61.4 Å². The van der Waals surface area contributed by atoms with E-state index in [4.69, 9.17) is 19.6 Å². The minimum atomic E-state index is -0.810. The molecule has 1 atom stereocenters. The predicted octanol–water partition coefficient (Wildman–Crippen LogP) is 6.17. The number of fused-ring (bicyclic) bond motifs is 3. The molecule has 1 aliphatic heterocycles. The van der Waals surface area contributed by atoms with Crippen molar-refractivity contribution < 1.29 is 23.0 Å². The summed E-state index contributed by atoms with van der Waals surface area (Å²) in [5.74, 6) is -1.75. The summed E-state index contributed by atoms with van der Waals surface area (Å²) in [7, 11) is 3.40. The standard InChI is InChI=1S/C33H29F2N7O3S/c1-5-28(43)41-8-9-42-26(18(41)2)15-24(39-42)32-30(29-23(35)13-21(34)14-27(29)45-11-10-44-4)33-22(17-37-46-33)31(38-32)19-6-7-25-20(12-19)16-36-40(25)3/h5-7,12-18H,1,8-11H2,2-4H3/t18-/m1/s1. The molecule has 0 saturated carbocycles. The number of carbonyl (C=O) groups is 1. The molecule has 0 N–H and O–H groups in total. The van der Waals surface area contributed by atoms with Crippen LogP contribution in [0.1, 0.15) is 18.7 Å². The summed E-state index contributed by atoms with van der Waals surface area (Å²) >= 11 is 1.18. The molecular formula is C33H29F2N7O3S. The first-order valence-corrected chi connectivity index (χ1v) is 15.4.